The summed E-state index contributed by atoms with van der Waals surface area (Å²) in [5.74, 6) is 0.733. The number of piperidine rings is 1. The van der Waals surface area contributed by atoms with Crippen LogP contribution in [0.4, 0.5) is 0 Å². The quantitative estimate of drug-likeness (QED) is 0.652. The molecule has 0 radical (unpaired) electrons. The van der Waals surface area contributed by atoms with Gasteiger partial charge in [0.2, 0.25) is 0 Å². The maximum absolute atomic E-state index is 7.90. The van der Waals surface area contributed by atoms with Crippen LogP contribution in [0.1, 0.15) is 32.6 Å². The molecular formula is C11H23N3O. The predicted octanol–water partition coefficient (Wildman–Crippen LogP) is 1.20. The van der Waals surface area contributed by atoms with Gasteiger partial charge in [0.25, 0.3) is 0 Å². The molecule has 1 fully saturated rings. The molecule has 0 amide bonds. The number of amidine groups is 1. The molecule has 1 rings (SSSR count). The first-order chi connectivity index (χ1) is 7.27. The van der Waals surface area contributed by atoms with E-state index in [2.05, 4.69) is 4.90 Å². The van der Waals surface area contributed by atoms with Crippen molar-refractivity contribution in [2.45, 2.75) is 38.7 Å². The van der Waals surface area contributed by atoms with Crippen LogP contribution in [-0.4, -0.2) is 43.1 Å². The molecule has 1 aliphatic rings. The molecule has 88 valence electrons. The summed E-state index contributed by atoms with van der Waals surface area (Å²) in [5.41, 5.74) is 5.45. The van der Waals surface area contributed by atoms with Crippen LogP contribution in [0, 0.1) is 5.41 Å². The van der Waals surface area contributed by atoms with Crippen molar-refractivity contribution in [1.82, 2.24) is 4.90 Å². The van der Waals surface area contributed by atoms with Crippen LogP contribution in [0.5, 0.6) is 0 Å². The number of ether oxygens (including phenoxy) is 1. The Labute approximate surface area is 92.3 Å². The molecule has 0 bridgehead atoms. The van der Waals surface area contributed by atoms with Gasteiger partial charge in [-0.1, -0.05) is 0 Å². The second-order valence-electron chi connectivity index (χ2n) is 4.00. The first-order valence-corrected chi connectivity index (χ1v) is 5.92. The van der Waals surface area contributed by atoms with Gasteiger partial charge in [-0.25, -0.2) is 0 Å². The largest absolute Gasteiger partial charge is 0.378 e. The van der Waals surface area contributed by atoms with Gasteiger partial charge in [0.05, 0.1) is 11.9 Å². The summed E-state index contributed by atoms with van der Waals surface area (Å²) < 4.78 is 5.54. The lowest BCUT2D eigenvalue weighted by atomic mass is 10.1. The highest BCUT2D eigenvalue weighted by molar-refractivity contribution is 5.80. The third kappa shape index (κ3) is 4.18. The Morgan fingerprint density at radius 2 is 2.33 bits per heavy atom. The van der Waals surface area contributed by atoms with E-state index >= 15 is 0 Å². The monoisotopic (exact) mass is 213 g/mol. The Balaban J connectivity index is 2.23. The number of nitrogens with zero attached hydrogens (tertiary/aromatic N) is 1. The third-order valence-corrected chi connectivity index (χ3v) is 2.81. The normalized spacial score (nSPS) is 22.1. The van der Waals surface area contributed by atoms with Crippen molar-refractivity contribution >= 4 is 5.84 Å². The van der Waals surface area contributed by atoms with Crippen LogP contribution < -0.4 is 5.73 Å². The Hall–Kier alpha value is -0.610. The fourth-order valence-electron chi connectivity index (χ4n) is 1.95. The van der Waals surface area contributed by atoms with Crippen LogP contribution in [0.15, 0.2) is 0 Å². The van der Waals surface area contributed by atoms with E-state index in [9.17, 15) is 0 Å². The molecule has 3 N–H and O–H groups in total. The fraction of sp³-hybridized carbons (Fsp3) is 0.909. The van der Waals surface area contributed by atoms with Gasteiger partial charge in [0.15, 0.2) is 0 Å². The molecule has 1 heterocycles. The van der Waals surface area contributed by atoms with Gasteiger partial charge in [-0.2, -0.15) is 0 Å². The van der Waals surface area contributed by atoms with E-state index in [-0.39, 0.29) is 6.10 Å². The molecule has 15 heavy (non-hydrogen) atoms. The van der Waals surface area contributed by atoms with Crippen LogP contribution in [-0.2, 0) is 4.74 Å². The molecule has 1 atom stereocenters. The lowest BCUT2D eigenvalue weighted by molar-refractivity contribution is 0.0459. The summed E-state index contributed by atoms with van der Waals surface area (Å²) in [6.07, 6.45) is 4.25. The Kier molecular flexibility index (Phi) is 5.65. The minimum Gasteiger partial charge on any atom is -0.378 e. The summed E-state index contributed by atoms with van der Waals surface area (Å²) in [6.45, 7) is 5.47. The molecule has 4 nitrogen and oxygen atoms in total. The molecule has 0 aromatic rings. The Bertz CT molecular complexity index is 196. The fourth-order valence-corrected chi connectivity index (χ4v) is 1.95. The molecule has 1 saturated heterocycles. The number of rotatable bonds is 6. The average molecular weight is 213 g/mol. The van der Waals surface area contributed by atoms with Crippen molar-refractivity contribution in [3.05, 3.63) is 0 Å². The Morgan fingerprint density at radius 3 is 2.93 bits per heavy atom. The van der Waals surface area contributed by atoms with Gasteiger partial charge in [-0.05, 0) is 32.7 Å². The van der Waals surface area contributed by atoms with Crippen LogP contribution in [0.3, 0.4) is 0 Å². The summed E-state index contributed by atoms with van der Waals surface area (Å²) in [6, 6.07) is 0. The van der Waals surface area contributed by atoms with Gasteiger partial charge in [-0.3, -0.25) is 5.41 Å². The standard InChI is InChI=1S/C11H23N3O/c1-2-15-10-5-8-14(11(13)9-10)7-4-3-6-12/h10,13H,2-9,12H2,1H3. The topological polar surface area (TPSA) is 62.3 Å². The first-order valence-electron chi connectivity index (χ1n) is 5.92. The van der Waals surface area contributed by atoms with Gasteiger partial charge in [-0.15, -0.1) is 0 Å². The van der Waals surface area contributed by atoms with Gasteiger partial charge in [0, 0.05) is 26.1 Å². The summed E-state index contributed by atoms with van der Waals surface area (Å²) in [4.78, 5) is 2.16. The lowest BCUT2D eigenvalue weighted by Crippen LogP contribution is -2.41. The molecule has 1 aliphatic heterocycles. The first kappa shape index (κ1) is 12.5. The molecule has 0 spiro atoms. The molecule has 0 aliphatic carbocycles. The van der Waals surface area contributed by atoms with E-state index in [1.807, 2.05) is 6.92 Å². The van der Waals surface area contributed by atoms with Crippen LogP contribution in [0.25, 0.3) is 0 Å². The Morgan fingerprint density at radius 1 is 1.53 bits per heavy atom. The average Bonchev–Trinajstić information content (AvgIpc) is 2.22. The zero-order valence-electron chi connectivity index (χ0n) is 9.67. The van der Waals surface area contributed by atoms with Crippen LogP contribution in [0.2, 0.25) is 0 Å². The van der Waals surface area contributed by atoms with E-state index in [4.69, 9.17) is 15.9 Å². The van der Waals surface area contributed by atoms with Crippen molar-refractivity contribution in [2.75, 3.05) is 26.2 Å². The summed E-state index contributed by atoms with van der Waals surface area (Å²) in [7, 11) is 0. The van der Waals surface area contributed by atoms with Crippen molar-refractivity contribution in [3.8, 4) is 0 Å². The highest BCUT2D eigenvalue weighted by Crippen LogP contribution is 2.15. The number of unbranched alkanes of at least 4 members (excludes halogenated alkanes) is 1. The second-order valence-corrected chi connectivity index (χ2v) is 4.00. The third-order valence-electron chi connectivity index (χ3n) is 2.81. The molecule has 4 heteroatoms. The molecule has 0 aromatic heterocycles. The zero-order chi connectivity index (χ0) is 11.1. The van der Waals surface area contributed by atoms with Gasteiger partial charge >= 0.3 is 0 Å². The molecule has 1 unspecified atom stereocenters. The smallest absolute Gasteiger partial charge is 0.0983 e. The number of hydrogen-bond donors (Lipinski definition) is 2. The molecule has 0 saturated carbocycles. The summed E-state index contributed by atoms with van der Waals surface area (Å²) >= 11 is 0. The maximum atomic E-state index is 7.90. The van der Waals surface area contributed by atoms with E-state index in [0.29, 0.717) is 0 Å². The van der Waals surface area contributed by atoms with E-state index in [0.717, 1.165) is 57.8 Å². The minimum atomic E-state index is 0.272. The molecular weight excluding hydrogens is 190 g/mol. The summed E-state index contributed by atoms with van der Waals surface area (Å²) in [5, 5.41) is 7.90. The molecule has 0 aromatic carbocycles. The van der Waals surface area contributed by atoms with Gasteiger partial charge < -0.3 is 15.4 Å². The lowest BCUT2D eigenvalue weighted by Gasteiger charge is -2.33. The number of likely N-dealkylation sites (tertiary alicyclic amines) is 1. The zero-order valence-corrected chi connectivity index (χ0v) is 9.67. The van der Waals surface area contributed by atoms with E-state index in [1.54, 1.807) is 0 Å². The predicted molar refractivity (Wildman–Crippen MR) is 62.2 cm³/mol. The van der Waals surface area contributed by atoms with E-state index < -0.39 is 0 Å². The minimum absolute atomic E-state index is 0.272. The second kappa shape index (κ2) is 6.80. The van der Waals surface area contributed by atoms with Gasteiger partial charge in [0.1, 0.15) is 0 Å². The van der Waals surface area contributed by atoms with Crippen LogP contribution >= 0.6 is 0 Å². The number of nitrogens with two attached hydrogens (primary N) is 1. The highest BCUT2D eigenvalue weighted by atomic mass is 16.5. The van der Waals surface area contributed by atoms with Crippen molar-refractivity contribution < 1.29 is 4.74 Å². The number of nitrogens with one attached hydrogen (secondary N) is 1. The highest BCUT2D eigenvalue weighted by Gasteiger charge is 2.22. The van der Waals surface area contributed by atoms with E-state index in [1.165, 1.54) is 0 Å². The van der Waals surface area contributed by atoms with Crippen molar-refractivity contribution in [2.24, 2.45) is 5.73 Å². The SMILES string of the molecule is CCOC1CCN(CCCCN)C(=N)C1. The maximum Gasteiger partial charge on any atom is 0.0983 e. The number of hydrogen-bond acceptors (Lipinski definition) is 3. The van der Waals surface area contributed by atoms with Crippen molar-refractivity contribution in [1.29, 1.82) is 5.41 Å². The van der Waals surface area contributed by atoms with Crippen molar-refractivity contribution in [3.63, 3.8) is 0 Å².